The van der Waals surface area contributed by atoms with Gasteiger partial charge in [0, 0.05) is 17.1 Å². The number of anilines is 1. The van der Waals surface area contributed by atoms with E-state index in [0.29, 0.717) is 28.7 Å². The maximum absolute atomic E-state index is 13.1. The summed E-state index contributed by atoms with van der Waals surface area (Å²) in [6.07, 6.45) is -1.71. The van der Waals surface area contributed by atoms with E-state index in [1.54, 1.807) is 29.1 Å². The van der Waals surface area contributed by atoms with E-state index in [4.69, 9.17) is 16.0 Å². The molecule has 2 heterocycles. The molecule has 0 saturated heterocycles. The number of alkyl halides is 3. The minimum absolute atomic E-state index is 0.108. The van der Waals surface area contributed by atoms with Gasteiger partial charge in [-0.15, -0.1) is 0 Å². The van der Waals surface area contributed by atoms with E-state index >= 15 is 0 Å². The molecule has 0 aliphatic rings. The van der Waals surface area contributed by atoms with Gasteiger partial charge in [-0.05, 0) is 48.5 Å². The summed E-state index contributed by atoms with van der Waals surface area (Å²) >= 11 is 6.00. The lowest BCUT2D eigenvalue weighted by atomic mass is 10.1. The summed E-state index contributed by atoms with van der Waals surface area (Å²) in [6.45, 7) is 0. The SMILES string of the molecule is N#CC(=Cc1cn(-c2ccccc2)nc1-c1cc2ccccc2o1)C(=O)Nc1cc(C(F)(F)F)ccc1Cl. The number of carbonyl (C=O) groups is 1. The van der Waals surface area contributed by atoms with E-state index in [1.807, 2.05) is 48.5 Å². The number of rotatable bonds is 5. The largest absolute Gasteiger partial charge is 0.454 e. The number of nitriles is 1. The molecule has 2 aromatic heterocycles. The molecule has 10 heteroatoms. The number of aromatic nitrogens is 2. The predicted octanol–water partition coefficient (Wildman–Crippen LogP) is 7.50. The lowest BCUT2D eigenvalue weighted by Gasteiger charge is -2.11. The molecule has 0 unspecified atom stereocenters. The van der Waals surface area contributed by atoms with Crippen molar-refractivity contribution < 1.29 is 22.4 Å². The maximum Gasteiger partial charge on any atom is 0.416 e. The quantitative estimate of drug-likeness (QED) is 0.187. The number of nitrogens with one attached hydrogen (secondary N) is 1. The van der Waals surface area contributed by atoms with Crippen molar-refractivity contribution in [3.05, 3.63) is 107 Å². The van der Waals surface area contributed by atoms with Crippen LogP contribution >= 0.6 is 11.6 Å². The molecule has 0 bridgehead atoms. The lowest BCUT2D eigenvalue weighted by Crippen LogP contribution is -2.15. The molecular weight excluding hydrogens is 517 g/mol. The molecule has 0 aliphatic heterocycles. The second kappa shape index (κ2) is 9.92. The minimum atomic E-state index is -4.63. The number of hydrogen-bond acceptors (Lipinski definition) is 4. The van der Waals surface area contributed by atoms with E-state index in [2.05, 4.69) is 10.4 Å². The van der Waals surface area contributed by atoms with Gasteiger partial charge >= 0.3 is 6.18 Å². The first-order chi connectivity index (χ1) is 18.2. The van der Waals surface area contributed by atoms with Gasteiger partial charge in [-0.25, -0.2) is 4.68 Å². The zero-order valence-corrected chi connectivity index (χ0v) is 20.1. The standard InChI is InChI=1S/C28H16ClF3N4O2/c29-22-11-10-20(28(30,31)32)14-23(22)34-27(37)18(15-33)12-19-16-36(21-7-2-1-3-8-21)35-26(19)25-13-17-6-4-5-9-24(17)38-25/h1-14,16H,(H,34,37). The summed E-state index contributed by atoms with van der Waals surface area (Å²) in [6, 6.07) is 22.7. The maximum atomic E-state index is 13.1. The van der Waals surface area contributed by atoms with Crippen LogP contribution in [-0.4, -0.2) is 15.7 Å². The third-order valence-electron chi connectivity index (χ3n) is 5.63. The van der Waals surface area contributed by atoms with Crippen molar-refractivity contribution in [2.75, 3.05) is 5.32 Å². The van der Waals surface area contributed by atoms with Crippen molar-refractivity contribution in [2.24, 2.45) is 0 Å². The average Bonchev–Trinajstić information content (AvgIpc) is 3.52. The summed E-state index contributed by atoms with van der Waals surface area (Å²) in [5.41, 5.74) is 0.467. The van der Waals surface area contributed by atoms with Gasteiger partial charge in [0.2, 0.25) is 0 Å². The van der Waals surface area contributed by atoms with Crippen LogP contribution in [0.25, 0.3) is 34.2 Å². The molecule has 3 aromatic carbocycles. The highest BCUT2D eigenvalue weighted by atomic mass is 35.5. The smallest absolute Gasteiger partial charge is 0.416 e. The summed E-state index contributed by atoms with van der Waals surface area (Å²) in [4.78, 5) is 12.9. The van der Waals surface area contributed by atoms with Crippen molar-refractivity contribution in [1.82, 2.24) is 9.78 Å². The van der Waals surface area contributed by atoms with Gasteiger partial charge in [-0.3, -0.25) is 4.79 Å². The monoisotopic (exact) mass is 532 g/mol. The molecule has 0 radical (unpaired) electrons. The first-order valence-corrected chi connectivity index (χ1v) is 11.5. The molecule has 0 atom stereocenters. The van der Waals surface area contributed by atoms with Gasteiger partial charge in [0.25, 0.3) is 5.91 Å². The van der Waals surface area contributed by atoms with Crippen molar-refractivity contribution in [3.8, 4) is 23.2 Å². The number of para-hydroxylation sites is 2. The van der Waals surface area contributed by atoms with Gasteiger partial charge in [0.15, 0.2) is 5.76 Å². The van der Waals surface area contributed by atoms with E-state index in [-0.39, 0.29) is 16.3 Å². The van der Waals surface area contributed by atoms with E-state index < -0.39 is 17.6 Å². The fraction of sp³-hybridized carbons (Fsp3) is 0.0357. The number of furan rings is 1. The zero-order valence-electron chi connectivity index (χ0n) is 19.3. The van der Waals surface area contributed by atoms with E-state index in [9.17, 15) is 23.2 Å². The van der Waals surface area contributed by atoms with Gasteiger partial charge in [0.1, 0.15) is 22.9 Å². The summed E-state index contributed by atoms with van der Waals surface area (Å²) in [7, 11) is 0. The Balaban J connectivity index is 1.56. The molecule has 0 aliphatic carbocycles. The van der Waals surface area contributed by atoms with Crippen LogP contribution in [0, 0.1) is 11.3 Å². The van der Waals surface area contributed by atoms with Crippen LogP contribution in [0.3, 0.4) is 0 Å². The molecule has 5 aromatic rings. The van der Waals surface area contributed by atoms with E-state index in [0.717, 1.165) is 23.2 Å². The molecule has 38 heavy (non-hydrogen) atoms. The Hall–Kier alpha value is -4.81. The Labute approximate surface area is 219 Å². The average molecular weight is 533 g/mol. The van der Waals surface area contributed by atoms with E-state index in [1.165, 1.54) is 6.08 Å². The predicted molar refractivity (Wildman–Crippen MR) is 137 cm³/mol. The van der Waals surface area contributed by atoms with Crippen molar-refractivity contribution in [1.29, 1.82) is 5.26 Å². The number of halogens is 4. The first kappa shape index (κ1) is 24.9. The lowest BCUT2D eigenvalue weighted by molar-refractivity contribution is -0.137. The van der Waals surface area contributed by atoms with Crippen molar-refractivity contribution in [3.63, 3.8) is 0 Å². The molecule has 188 valence electrons. The Morgan fingerprint density at radius 1 is 1.05 bits per heavy atom. The van der Waals surface area contributed by atoms with Gasteiger partial charge in [-0.2, -0.15) is 23.5 Å². The molecule has 0 spiro atoms. The highest BCUT2D eigenvalue weighted by molar-refractivity contribution is 6.34. The van der Waals surface area contributed by atoms with Crippen LogP contribution in [0.2, 0.25) is 5.02 Å². The highest BCUT2D eigenvalue weighted by Crippen LogP contribution is 2.34. The molecule has 1 amide bonds. The van der Waals surface area contributed by atoms with Crippen LogP contribution in [-0.2, 0) is 11.0 Å². The summed E-state index contributed by atoms with van der Waals surface area (Å²) < 4.78 is 46.9. The fourth-order valence-corrected chi connectivity index (χ4v) is 3.95. The van der Waals surface area contributed by atoms with Crippen LogP contribution in [0.5, 0.6) is 0 Å². The molecule has 5 rings (SSSR count). The van der Waals surface area contributed by atoms with Gasteiger partial charge in [0.05, 0.1) is 22.0 Å². The number of fused-ring (bicyclic) bond motifs is 1. The van der Waals surface area contributed by atoms with Crippen LogP contribution in [0.15, 0.2) is 95.0 Å². The van der Waals surface area contributed by atoms with Crippen molar-refractivity contribution in [2.45, 2.75) is 6.18 Å². The third kappa shape index (κ3) is 5.03. The van der Waals surface area contributed by atoms with Crippen molar-refractivity contribution >= 4 is 40.2 Å². The number of amides is 1. The highest BCUT2D eigenvalue weighted by Gasteiger charge is 2.31. The summed E-state index contributed by atoms with van der Waals surface area (Å²) in [5, 5.41) is 17.4. The summed E-state index contributed by atoms with van der Waals surface area (Å²) in [5.74, 6) is -0.525. The Morgan fingerprint density at radius 3 is 2.50 bits per heavy atom. The molecule has 1 N–H and O–H groups in total. The Bertz CT molecular complexity index is 1700. The second-order valence-corrected chi connectivity index (χ2v) is 8.59. The number of carbonyl (C=O) groups excluding carboxylic acids is 1. The number of nitrogens with zero attached hydrogens (tertiary/aromatic N) is 3. The topological polar surface area (TPSA) is 83.8 Å². The van der Waals surface area contributed by atoms with Gasteiger partial charge in [-0.1, -0.05) is 48.0 Å². The van der Waals surface area contributed by atoms with Crippen LogP contribution < -0.4 is 5.32 Å². The van der Waals surface area contributed by atoms with Gasteiger partial charge < -0.3 is 9.73 Å². The number of benzene rings is 3. The molecule has 0 saturated carbocycles. The van der Waals surface area contributed by atoms with Crippen LogP contribution in [0.1, 0.15) is 11.1 Å². The third-order valence-corrected chi connectivity index (χ3v) is 5.96. The second-order valence-electron chi connectivity index (χ2n) is 8.18. The normalized spacial score (nSPS) is 11.9. The fourth-order valence-electron chi connectivity index (χ4n) is 3.79. The molecule has 6 nitrogen and oxygen atoms in total. The number of hydrogen-bond donors (Lipinski definition) is 1. The Morgan fingerprint density at radius 2 is 1.79 bits per heavy atom. The molecular formula is C28H16ClF3N4O2. The zero-order chi connectivity index (χ0) is 26.9. The first-order valence-electron chi connectivity index (χ1n) is 11.2. The van der Waals surface area contributed by atoms with Crippen LogP contribution in [0.4, 0.5) is 18.9 Å². The minimum Gasteiger partial charge on any atom is -0.454 e. The molecule has 0 fully saturated rings. The Kier molecular flexibility index (Phi) is 6.49.